The van der Waals surface area contributed by atoms with Crippen molar-refractivity contribution in [2.24, 2.45) is 5.84 Å². The predicted octanol–water partition coefficient (Wildman–Crippen LogP) is 1.67. The van der Waals surface area contributed by atoms with Crippen LogP contribution in [0.2, 0.25) is 0 Å². The molecule has 0 saturated carbocycles. The van der Waals surface area contributed by atoms with Gasteiger partial charge in [-0.2, -0.15) is 5.01 Å². The van der Waals surface area contributed by atoms with Crippen LogP contribution < -0.4 is 15.9 Å². The van der Waals surface area contributed by atoms with Crippen LogP contribution in [0.15, 0.2) is 29.2 Å². The minimum Gasteiger partial charge on any atom is -0.493 e. The molecule has 0 aliphatic carbocycles. The third kappa shape index (κ3) is 2.03. The van der Waals surface area contributed by atoms with E-state index in [0.717, 1.165) is 28.3 Å². The van der Waals surface area contributed by atoms with Crippen LogP contribution in [0.5, 0.6) is 5.75 Å². The van der Waals surface area contributed by atoms with Gasteiger partial charge in [-0.1, -0.05) is 23.9 Å². The number of rotatable bonds is 1. The molecule has 0 bridgehead atoms. The zero-order valence-corrected chi connectivity index (χ0v) is 14.2. The topological polar surface area (TPSA) is 87.9 Å². The normalized spacial score (nSPS) is 25.2. The highest BCUT2D eigenvalue weighted by molar-refractivity contribution is 8.04. The molecule has 0 aromatic heterocycles. The monoisotopic (exact) mass is 346 g/mol. The fourth-order valence-electron chi connectivity index (χ4n) is 3.24. The number of carbonyl (C=O) groups is 2. The van der Waals surface area contributed by atoms with Crippen LogP contribution in [-0.4, -0.2) is 39.5 Å². The number of carbonyl (C=O) groups excluding carboxylic acids is 2. The van der Waals surface area contributed by atoms with Crippen molar-refractivity contribution in [1.82, 2.24) is 15.2 Å². The highest BCUT2D eigenvalue weighted by atomic mass is 32.2. The second-order valence-electron chi connectivity index (χ2n) is 6.39. The summed E-state index contributed by atoms with van der Waals surface area (Å²) in [5, 5.41) is 4.09. The van der Waals surface area contributed by atoms with Crippen LogP contribution in [0.1, 0.15) is 25.8 Å². The van der Waals surface area contributed by atoms with Gasteiger partial charge in [0.2, 0.25) is 0 Å². The van der Waals surface area contributed by atoms with Gasteiger partial charge >= 0.3 is 6.03 Å². The molecule has 1 atom stereocenters. The molecule has 126 valence electrons. The van der Waals surface area contributed by atoms with Gasteiger partial charge in [0.15, 0.2) is 5.50 Å². The lowest BCUT2D eigenvalue weighted by Gasteiger charge is -2.33. The zero-order chi connectivity index (χ0) is 17.1. The molecule has 3 N–H and O–H groups in total. The summed E-state index contributed by atoms with van der Waals surface area (Å²) in [6.45, 7) is 4.00. The Balaban J connectivity index is 1.68. The summed E-state index contributed by atoms with van der Waals surface area (Å²) in [4.78, 5) is 27.3. The lowest BCUT2D eigenvalue weighted by Crippen LogP contribution is -2.52. The van der Waals surface area contributed by atoms with Crippen molar-refractivity contribution in [2.45, 2.75) is 31.3 Å². The molecule has 1 saturated heterocycles. The number of nitrogens with one attached hydrogen (secondary N) is 1. The van der Waals surface area contributed by atoms with Crippen LogP contribution in [0.4, 0.5) is 4.79 Å². The average molecular weight is 346 g/mol. The lowest BCUT2D eigenvalue weighted by molar-refractivity contribution is -0.132. The van der Waals surface area contributed by atoms with Gasteiger partial charge in [-0.25, -0.2) is 10.6 Å². The second-order valence-corrected chi connectivity index (χ2v) is 7.57. The maximum atomic E-state index is 12.4. The van der Waals surface area contributed by atoms with Crippen molar-refractivity contribution in [3.05, 3.63) is 34.7 Å². The molecule has 0 radical (unpaired) electrons. The van der Waals surface area contributed by atoms with Crippen molar-refractivity contribution < 1.29 is 14.3 Å². The summed E-state index contributed by atoms with van der Waals surface area (Å²) in [6.07, 6.45) is 0.751. The van der Waals surface area contributed by atoms with Crippen LogP contribution in [0.25, 0.3) is 5.70 Å². The second kappa shape index (κ2) is 5.15. The van der Waals surface area contributed by atoms with E-state index in [2.05, 4.69) is 5.32 Å². The Morgan fingerprint density at radius 1 is 1.33 bits per heavy atom. The van der Waals surface area contributed by atoms with Crippen molar-refractivity contribution in [2.75, 3.05) is 6.61 Å². The number of hydrogen-bond acceptors (Lipinski definition) is 6. The Hall–Kier alpha value is -2.19. The maximum absolute atomic E-state index is 12.4. The Bertz CT molecular complexity index is 776. The fraction of sp³-hybridized carbons (Fsp3) is 0.375. The van der Waals surface area contributed by atoms with Gasteiger partial charge in [0.1, 0.15) is 11.3 Å². The molecule has 1 fully saturated rings. The Labute approximate surface area is 143 Å². The largest absolute Gasteiger partial charge is 0.493 e. The first-order chi connectivity index (χ1) is 11.4. The number of para-hydroxylation sites is 1. The van der Waals surface area contributed by atoms with Gasteiger partial charge in [-0.3, -0.25) is 9.69 Å². The Morgan fingerprint density at radius 2 is 2.08 bits per heavy atom. The van der Waals surface area contributed by atoms with Gasteiger partial charge < -0.3 is 10.1 Å². The number of fused-ring (bicyclic) bond motifs is 2. The van der Waals surface area contributed by atoms with Crippen LogP contribution in [0, 0.1) is 0 Å². The summed E-state index contributed by atoms with van der Waals surface area (Å²) >= 11 is 1.54. The molecule has 3 aliphatic heterocycles. The predicted molar refractivity (Wildman–Crippen MR) is 90.3 cm³/mol. The van der Waals surface area contributed by atoms with Gasteiger partial charge in [-0.15, -0.1) is 0 Å². The molecule has 4 rings (SSSR count). The lowest BCUT2D eigenvalue weighted by atomic mass is 10.1. The quantitative estimate of drug-likeness (QED) is 0.457. The van der Waals surface area contributed by atoms with Gasteiger partial charge in [0.25, 0.3) is 5.91 Å². The summed E-state index contributed by atoms with van der Waals surface area (Å²) < 4.78 is 5.78. The number of thioether (sulfide) groups is 1. The van der Waals surface area contributed by atoms with Crippen molar-refractivity contribution in [3.8, 4) is 5.75 Å². The third-order valence-corrected chi connectivity index (χ3v) is 5.78. The summed E-state index contributed by atoms with van der Waals surface area (Å²) in [5.41, 5.74) is 0.572. The Kier molecular flexibility index (Phi) is 3.29. The smallest absolute Gasteiger partial charge is 0.344 e. The van der Waals surface area contributed by atoms with Crippen LogP contribution in [-0.2, 0) is 4.79 Å². The number of amides is 3. The standard InChI is InChI=1S/C16H18N4O3S/c1-16(2)13(21)20(17)15(22)19(16)14-18-12-9-5-3-4-6-10(9)23-8-7-11(12)24-14/h3-6,14,18H,7-8,17H2,1-2H3. The maximum Gasteiger partial charge on any atom is 0.344 e. The minimum atomic E-state index is -0.989. The SMILES string of the molecule is CC1(C)C(=O)N(N)C(=O)N1C1NC2=C(CCOc3ccccc32)S1. The van der Waals surface area contributed by atoms with Gasteiger partial charge in [0.05, 0.1) is 12.3 Å². The van der Waals surface area contributed by atoms with E-state index in [4.69, 9.17) is 10.6 Å². The summed E-state index contributed by atoms with van der Waals surface area (Å²) in [5.74, 6) is 6.04. The molecule has 3 heterocycles. The summed E-state index contributed by atoms with van der Waals surface area (Å²) in [6, 6.07) is 7.32. The fourth-order valence-corrected chi connectivity index (χ4v) is 4.64. The Morgan fingerprint density at radius 3 is 2.79 bits per heavy atom. The number of benzene rings is 1. The van der Waals surface area contributed by atoms with E-state index in [1.165, 1.54) is 16.7 Å². The van der Waals surface area contributed by atoms with Crippen LogP contribution in [0.3, 0.4) is 0 Å². The first-order valence-electron chi connectivity index (χ1n) is 7.72. The van der Waals surface area contributed by atoms with E-state index in [9.17, 15) is 9.59 Å². The molecule has 0 spiro atoms. The van der Waals surface area contributed by atoms with E-state index >= 15 is 0 Å². The van der Waals surface area contributed by atoms with Crippen LogP contribution >= 0.6 is 11.8 Å². The van der Waals surface area contributed by atoms with Gasteiger partial charge in [0, 0.05) is 16.9 Å². The molecule has 3 aliphatic rings. The molecule has 8 heteroatoms. The molecule has 3 amide bonds. The molecule has 1 unspecified atom stereocenters. The number of ether oxygens (including phenoxy) is 1. The highest BCUT2D eigenvalue weighted by Crippen LogP contribution is 2.45. The molecule has 1 aromatic rings. The van der Waals surface area contributed by atoms with E-state index in [1.54, 1.807) is 13.8 Å². The molecular weight excluding hydrogens is 328 g/mol. The number of imide groups is 1. The van der Waals surface area contributed by atoms with Crippen molar-refractivity contribution >= 4 is 29.4 Å². The summed E-state index contributed by atoms with van der Waals surface area (Å²) in [7, 11) is 0. The number of hydrogen-bond donors (Lipinski definition) is 2. The number of nitrogens with two attached hydrogens (primary N) is 1. The molecular formula is C16H18N4O3S. The van der Waals surface area contributed by atoms with Gasteiger partial charge in [-0.05, 0) is 26.0 Å². The first-order valence-corrected chi connectivity index (χ1v) is 8.60. The number of nitrogens with zero attached hydrogens (tertiary/aromatic N) is 2. The molecule has 24 heavy (non-hydrogen) atoms. The molecule has 1 aromatic carbocycles. The number of urea groups is 1. The molecule has 7 nitrogen and oxygen atoms in total. The highest BCUT2D eigenvalue weighted by Gasteiger charge is 2.54. The van der Waals surface area contributed by atoms with Crippen molar-refractivity contribution in [3.63, 3.8) is 0 Å². The third-order valence-electron chi connectivity index (χ3n) is 4.53. The zero-order valence-electron chi connectivity index (χ0n) is 13.4. The van der Waals surface area contributed by atoms with E-state index < -0.39 is 17.5 Å². The first kappa shape index (κ1) is 15.3. The number of hydrazine groups is 1. The average Bonchev–Trinajstić information content (AvgIpc) is 2.95. The van der Waals surface area contributed by atoms with E-state index in [-0.39, 0.29) is 5.50 Å². The van der Waals surface area contributed by atoms with E-state index in [1.807, 2.05) is 24.3 Å². The minimum absolute atomic E-state index is 0.374. The van der Waals surface area contributed by atoms with Crippen molar-refractivity contribution in [1.29, 1.82) is 0 Å². The van der Waals surface area contributed by atoms with E-state index in [0.29, 0.717) is 11.6 Å².